The second kappa shape index (κ2) is 2.20. The molecule has 0 amide bonds. The number of aromatic nitrogens is 1. The Bertz CT molecular complexity index is 362. The predicted octanol–water partition coefficient (Wildman–Crippen LogP) is 2.42. The first-order valence-corrected chi connectivity index (χ1v) is 3.27. The Morgan fingerprint density at radius 2 is 2.36 bits per heavy atom. The molecular weight excluding hydrogens is 169 g/mol. The zero-order chi connectivity index (χ0) is 7.84. The van der Waals surface area contributed by atoms with E-state index >= 15 is 0 Å². The Labute approximate surface area is 66.6 Å². The molecule has 2 rings (SSSR count). The van der Waals surface area contributed by atoms with Crippen LogP contribution < -0.4 is 0 Å². The molecule has 1 heterocycles. The fourth-order valence-corrected chi connectivity index (χ4v) is 0.966. The molecule has 4 heteroatoms. The zero-order valence-electron chi connectivity index (χ0n) is 5.27. The van der Waals surface area contributed by atoms with Crippen LogP contribution in [0.1, 0.15) is 0 Å². The van der Waals surface area contributed by atoms with E-state index in [4.69, 9.17) is 16.0 Å². The molecular formula is C7H2ClFNO. The van der Waals surface area contributed by atoms with Crippen LogP contribution in [0.15, 0.2) is 16.5 Å². The van der Waals surface area contributed by atoms with Gasteiger partial charge in [-0.05, 0) is 6.07 Å². The number of hydrogen-bond acceptors (Lipinski definition) is 2. The minimum absolute atomic E-state index is 0.0415. The van der Waals surface area contributed by atoms with Gasteiger partial charge in [-0.25, -0.2) is 9.37 Å². The second-order valence-electron chi connectivity index (χ2n) is 2.04. The summed E-state index contributed by atoms with van der Waals surface area (Å²) in [7, 11) is 0. The van der Waals surface area contributed by atoms with Crippen molar-refractivity contribution in [1.82, 2.24) is 4.98 Å². The lowest BCUT2D eigenvalue weighted by molar-refractivity contribution is 0.582. The first kappa shape index (κ1) is 6.61. The molecule has 0 atom stereocenters. The van der Waals surface area contributed by atoms with Gasteiger partial charge in [0.15, 0.2) is 5.58 Å². The summed E-state index contributed by atoms with van der Waals surface area (Å²) in [4.78, 5) is 3.68. The third kappa shape index (κ3) is 0.973. The zero-order valence-corrected chi connectivity index (χ0v) is 6.02. The quantitative estimate of drug-likeness (QED) is 0.607. The van der Waals surface area contributed by atoms with Crippen LogP contribution in [0.3, 0.4) is 0 Å². The van der Waals surface area contributed by atoms with Crippen molar-refractivity contribution >= 4 is 22.7 Å². The van der Waals surface area contributed by atoms with Crippen molar-refractivity contribution in [2.24, 2.45) is 0 Å². The molecule has 2 nitrogen and oxygen atoms in total. The third-order valence-corrected chi connectivity index (χ3v) is 1.61. The first-order chi connectivity index (χ1) is 5.27. The first-order valence-electron chi connectivity index (χ1n) is 2.89. The van der Waals surface area contributed by atoms with Gasteiger partial charge in [0.1, 0.15) is 11.3 Å². The monoisotopic (exact) mass is 170 g/mol. The van der Waals surface area contributed by atoms with E-state index in [9.17, 15) is 4.39 Å². The molecule has 11 heavy (non-hydrogen) atoms. The van der Waals surface area contributed by atoms with Gasteiger partial charge in [-0.2, -0.15) is 0 Å². The molecule has 0 unspecified atom stereocenters. The molecule has 0 aliphatic heterocycles. The molecule has 0 fully saturated rings. The Morgan fingerprint density at radius 1 is 1.55 bits per heavy atom. The SMILES string of the molecule is Fc1cc2o[c]nc2cc1Cl. The number of rotatable bonds is 0. The molecule has 2 aromatic rings. The van der Waals surface area contributed by atoms with Gasteiger partial charge in [-0.1, -0.05) is 11.6 Å². The van der Waals surface area contributed by atoms with E-state index in [1.165, 1.54) is 12.1 Å². The molecule has 1 radical (unpaired) electrons. The average Bonchev–Trinajstić information content (AvgIpc) is 2.36. The lowest BCUT2D eigenvalue weighted by Crippen LogP contribution is -1.75. The van der Waals surface area contributed by atoms with Crippen molar-refractivity contribution < 1.29 is 8.81 Å². The number of hydrogen-bond donors (Lipinski definition) is 0. The van der Waals surface area contributed by atoms with Crippen molar-refractivity contribution in [3.63, 3.8) is 0 Å². The highest BCUT2D eigenvalue weighted by Crippen LogP contribution is 2.21. The van der Waals surface area contributed by atoms with E-state index in [2.05, 4.69) is 11.4 Å². The summed E-state index contributed by atoms with van der Waals surface area (Å²) < 4.78 is 17.4. The Hall–Kier alpha value is -1.09. The van der Waals surface area contributed by atoms with Gasteiger partial charge in [0, 0.05) is 6.07 Å². The molecule has 0 aliphatic carbocycles. The van der Waals surface area contributed by atoms with Crippen LogP contribution >= 0.6 is 11.6 Å². The summed E-state index contributed by atoms with van der Waals surface area (Å²) in [5.74, 6) is -0.510. The van der Waals surface area contributed by atoms with Crippen LogP contribution in [0.5, 0.6) is 0 Å². The lowest BCUT2D eigenvalue weighted by Gasteiger charge is -1.90. The largest absolute Gasteiger partial charge is 0.432 e. The van der Waals surface area contributed by atoms with Crippen LogP contribution in [0.4, 0.5) is 4.39 Å². The maximum absolute atomic E-state index is 12.7. The van der Waals surface area contributed by atoms with Gasteiger partial charge in [0.25, 0.3) is 6.39 Å². The Balaban J connectivity index is 2.86. The van der Waals surface area contributed by atoms with Crippen LogP contribution in [-0.4, -0.2) is 4.98 Å². The topological polar surface area (TPSA) is 26.0 Å². The summed E-state index contributed by atoms with van der Waals surface area (Å²) in [5, 5.41) is 0.0415. The van der Waals surface area contributed by atoms with E-state index in [-0.39, 0.29) is 5.02 Å². The minimum Gasteiger partial charge on any atom is -0.432 e. The number of halogens is 2. The number of nitrogens with zero attached hydrogens (tertiary/aromatic N) is 1. The van der Waals surface area contributed by atoms with Gasteiger partial charge < -0.3 is 4.42 Å². The summed E-state index contributed by atoms with van der Waals surface area (Å²) in [6.45, 7) is 0. The van der Waals surface area contributed by atoms with E-state index in [1.807, 2.05) is 0 Å². The highest BCUT2D eigenvalue weighted by Gasteiger charge is 2.04. The molecule has 0 aliphatic rings. The van der Waals surface area contributed by atoms with Gasteiger partial charge in [-0.15, -0.1) is 0 Å². The maximum atomic E-state index is 12.7. The smallest absolute Gasteiger partial charge is 0.284 e. The van der Waals surface area contributed by atoms with Gasteiger partial charge >= 0.3 is 0 Å². The van der Waals surface area contributed by atoms with Crippen LogP contribution in [-0.2, 0) is 0 Å². The maximum Gasteiger partial charge on any atom is 0.284 e. The Kier molecular flexibility index (Phi) is 1.32. The summed E-state index contributed by atoms with van der Waals surface area (Å²) in [6, 6.07) is 2.58. The van der Waals surface area contributed by atoms with Crippen molar-refractivity contribution in [3.05, 3.63) is 29.4 Å². The second-order valence-corrected chi connectivity index (χ2v) is 2.45. The predicted molar refractivity (Wildman–Crippen MR) is 37.8 cm³/mol. The van der Waals surface area contributed by atoms with Crippen molar-refractivity contribution in [2.45, 2.75) is 0 Å². The number of fused-ring (bicyclic) bond motifs is 1. The molecule has 0 saturated carbocycles. The van der Waals surface area contributed by atoms with Gasteiger partial charge in [0.05, 0.1) is 5.02 Å². The van der Waals surface area contributed by atoms with Crippen LogP contribution in [0.2, 0.25) is 5.02 Å². The van der Waals surface area contributed by atoms with Crippen LogP contribution in [0, 0.1) is 12.2 Å². The minimum atomic E-state index is -0.510. The molecule has 0 spiro atoms. The fraction of sp³-hybridized carbons (Fsp3) is 0. The molecule has 0 bridgehead atoms. The molecule has 55 valence electrons. The number of oxazole rings is 1. The van der Waals surface area contributed by atoms with E-state index in [0.29, 0.717) is 11.1 Å². The molecule has 1 aromatic heterocycles. The standard InChI is InChI=1S/C7H2ClFNO/c8-4-1-6-7(2-5(4)9)11-3-10-6/h1-2H. The lowest BCUT2D eigenvalue weighted by atomic mass is 10.3. The highest BCUT2D eigenvalue weighted by molar-refractivity contribution is 6.31. The van der Waals surface area contributed by atoms with E-state index < -0.39 is 5.82 Å². The van der Waals surface area contributed by atoms with E-state index in [0.717, 1.165) is 0 Å². The van der Waals surface area contributed by atoms with Crippen LogP contribution in [0.25, 0.3) is 11.1 Å². The Morgan fingerprint density at radius 3 is 3.18 bits per heavy atom. The average molecular weight is 171 g/mol. The number of benzene rings is 1. The van der Waals surface area contributed by atoms with Crippen molar-refractivity contribution in [3.8, 4) is 0 Å². The summed E-state index contributed by atoms with van der Waals surface area (Å²) in [6.07, 6.45) is 2.24. The fourth-order valence-electron chi connectivity index (χ4n) is 0.808. The van der Waals surface area contributed by atoms with Gasteiger partial charge in [-0.3, -0.25) is 0 Å². The molecule has 1 aromatic carbocycles. The molecule has 0 saturated heterocycles. The van der Waals surface area contributed by atoms with Crippen molar-refractivity contribution in [2.75, 3.05) is 0 Å². The summed E-state index contributed by atoms with van der Waals surface area (Å²) in [5.41, 5.74) is 0.864. The summed E-state index contributed by atoms with van der Waals surface area (Å²) >= 11 is 5.47. The normalized spacial score (nSPS) is 10.7. The molecule has 0 N–H and O–H groups in total. The van der Waals surface area contributed by atoms with E-state index in [1.54, 1.807) is 0 Å². The third-order valence-electron chi connectivity index (χ3n) is 1.32. The van der Waals surface area contributed by atoms with Crippen molar-refractivity contribution in [1.29, 1.82) is 0 Å². The van der Waals surface area contributed by atoms with Gasteiger partial charge in [0.2, 0.25) is 0 Å². The highest BCUT2D eigenvalue weighted by atomic mass is 35.5.